The molecule has 2 aromatic rings. The Kier molecular flexibility index (Phi) is 6.04. The van der Waals surface area contributed by atoms with Gasteiger partial charge in [0.2, 0.25) is 15.9 Å². The van der Waals surface area contributed by atoms with Crippen LogP contribution in [0.1, 0.15) is 12.5 Å². The zero-order valence-corrected chi connectivity index (χ0v) is 14.9. The molecule has 0 spiro atoms. The summed E-state index contributed by atoms with van der Waals surface area (Å²) < 4.78 is 66.9. The number of benzene rings is 2. The average Bonchev–Trinajstić information content (AvgIpc) is 2.51. The minimum Gasteiger partial charge on any atom is -0.309 e. The van der Waals surface area contributed by atoms with Crippen molar-refractivity contribution in [2.24, 2.45) is 0 Å². The van der Waals surface area contributed by atoms with Crippen LogP contribution < -0.4 is 9.62 Å². The van der Waals surface area contributed by atoms with E-state index in [1.807, 2.05) is 0 Å². The minimum atomic E-state index is -3.94. The molecule has 0 heterocycles. The largest absolute Gasteiger partial charge is 0.309 e. The lowest BCUT2D eigenvalue weighted by molar-refractivity contribution is -0.116. The second-order valence-electron chi connectivity index (χ2n) is 5.57. The molecule has 0 saturated carbocycles. The molecule has 1 amide bonds. The maximum Gasteiger partial charge on any atom is 0.240 e. The van der Waals surface area contributed by atoms with Gasteiger partial charge in [-0.1, -0.05) is 0 Å². The van der Waals surface area contributed by atoms with Gasteiger partial charge in [0.05, 0.1) is 10.6 Å². The van der Waals surface area contributed by atoms with Crippen LogP contribution in [0.5, 0.6) is 0 Å². The number of anilines is 1. The molecule has 2 aromatic carbocycles. The van der Waals surface area contributed by atoms with Gasteiger partial charge in [-0.3, -0.25) is 4.79 Å². The molecule has 0 aliphatic carbocycles. The maximum atomic E-state index is 13.9. The lowest BCUT2D eigenvalue weighted by atomic mass is 10.2. The van der Waals surface area contributed by atoms with E-state index < -0.39 is 33.4 Å². The number of sulfonamides is 1. The quantitative estimate of drug-likeness (QED) is 0.830. The van der Waals surface area contributed by atoms with Crippen LogP contribution in [0.3, 0.4) is 0 Å². The summed E-state index contributed by atoms with van der Waals surface area (Å²) in [7, 11) is -3.94. The summed E-state index contributed by atoms with van der Waals surface area (Å²) in [6, 6.07) is 5.99. The van der Waals surface area contributed by atoms with Crippen molar-refractivity contribution in [3.63, 3.8) is 0 Å². The highest BCUT2D eigenvalue weighted by Gasteiger charge is 2.20. The maximum absolute atomic E-state index is 13.9. The van der Waals surface area contributed by atoms with E-state index in [0.717, 1.165) is 35.2 Å². The van der Waals surface area contributed by atoms with Crippen molar-refractivity contribution >= 4 is 21.6 Å². The summed E-state index contributed by atoms with van der Waals surface area (Å²) in [6.07, 6.45) is 0. The third-order valence-electron chi connectivity index (χ3n) is 3.63. The Morgan fingerprint density at radius 2 is 1.69 bits per heavy atom. The van der Waals surface area contributed by atoms with Crippen LogP contribution in [0, 0.1) is 24.4 Å². The molecule has 26 heavy (non-hydrogen) atoms. The summed E-state index contributed by atoms with van der Waals surface area (Å²) in [6.45, 7) is 2.25. The van der Waals surface area contributed by atoms with E-state index >= 15 is 0 Å². The summed E-state index contributed by atoms with van der Waals surface area (Å²) in [5, 5.41) is 0. The summed E-state index contributed by atoms with van der Waals surface area (Å²) in [5.41, 5.74) is 0.0709. The van der Waals surface area contributed by atoms with Crippen molar-refractivity contribution in [1.29, 1.82) is 0 Å². The zero-order valence-electron chi connectivity index (χ0n) is 14.1. The molecule has 0 unspecified atom stereocenters. The van der Waals surface area contributed by atoms with Crippen LogP contribution >= 0.6 is 0 Å². The van der Waals surface area contributed by atoms with E-state index in [1.54, 1.807) is 0 Å². The Bertz CT molecular complexity index is 933. The highest BCUT2D eigenvalue weighted by atomic mass is 32.2. The van der Waals surface area contributed by atoms with E-state index in [-0.39, 0.29) is 29.2 Å². The fraction of sp³-hybridized carbons (Fsp3) is 0.235. The summed E-state index contributed by atoms with van der Waals surface area (Å²) >= 11 is 0. The molecule has 9 heteroatoms. The first-order valence-electron chi connectivity index (χ1n) is 7.61. The Balaban J connectivity index is 2.13. The number of nitrogens with one attached hydrogen (secondary N) is 1. The number of nitrogens with zero attached hydrogens (tertiary/aromatic N) is 1. The second kappa shape index (κ2) is 7.88. The Morgan fingerprint density at radius 1 is 1.08 bits per heavy atom. The molecular formula is C17H17F3N2O3S. The van der Waals surface area contributed by atoms with Crippen molar-refractivity contribution in [2.45, 2.75) is 18.7 Å². The van der Waals surface area contributed by atoms with Crippen LogP contribution in [0.15, 0.2) is 41.3 Å². The lowest BCUT2D eigenvalue weighted by Gasteiger charge is -2.22. The van der Waals surface area contributed by atoms with E-state index in [4.69, 9.17) is 0 Å². The third kappa shape index (κ3) is 4.61. The first kappa shape index (κ1) is 19.9. The zero-order chi connectivity index (χ0) is 19.5. The second-order valence-corrected chi connectivity index (χ2v) is 7.31. The monoisotopic (exact) mass is 386 g/mol. The fourth-order valence-electron chi connectivity index (χ4n) is 2.43. The Labute approximate surface area is 149 Å². The molecule has 0 radical (unpaired) electrons. The van der Waals surface area contributed by atoms with Gasteiger partial charge in [-0.15, -0.1) is 0 Å². The van der Waals surface area contributed by atoms with Gasteiger partial charge >= 0.3 is 0 Å². The van der Waals surface area contributed by atoms with Crippen molar-refractivity contribution in [1.82, 2.24) is 4.72 Å². The van der Waals surface area contributed by atoms with Gasteiger partial charge in [0.25, 0.3) is 0 Å². The number of amides is 1. The van der Waals surface area contributed by atoms with Gasteiger partial charge in [0, 0.05) is 26.1 Å². The average molecular weight is 386 g/mol. The number of aryl methyl sites for hydroxylation is 1. The van der Waals surface area contributed by atoms with Crippen LogP contribution in [-0.2, 0) is 14.8 Å². The molecule has 0 saturated heterocycles. The van der Waals surface area contributed by atoms with Crippen molar-refractivity contribution < 1.29 is 26.4 Å². The molecule has 5 nitrogen and oxygen atoms in total. The predicted molar refractivity (Wildman–Crippen MR) is 90.7 cm³/mol. The van der Waals surface area contributed by atoms with Gasteiger partial charge in [-0.25, -0.2) is 26.3 Å². The molecule has 0 aliphatic rings. The highest BCUT2D eigenvalue weighted by molar-refractivity contribution is 7.89. The first-order valence-corrected chi connectivity index (χ1v) is 9.09. The summed E-state index contributed by atoms with van der Waals surface area (Å²) in [4.78, 5) is 12.6. The minimum absolute atomic E-state index is 0.0961. The van der Waals surface area contributed by atoms with Crippen molar-refractivity contribution in [2.75, 3.05) is 18.0 Å². The van der Waals surface area contributed by atoms with E-state index in [0.29, 0.717) is 6.07 Å². The number of carbonyl (C=O) groups is 1. The van der Waals surface area contributed by atoms with Crippen molar-refractivity contribution in [3.8, 4) is 0 Å². The van der Waals surface area contributed by atoms with Gasteiger partial charge < -0.3 is 4.90 Å². The molecule has 0 atom stereocenters. The van der Waals surface area contributed by atoms with Crippen LogP contribution in [0.2, 0.25) is 0 Å². The van der Waals surface area contributed by atoms with Crippen molar-refractivity contribution in [3.05, 3.63) is 59.4 Å². The van der Waals surface area contributed by atoms with Crippen LogP contribution in [-0.4, -0.2) is 27.4 Å². The standard InChI is InChI=1S/C17H17F3N2O3S/c1-11-9-13(18)4-6-17(11)26(24,25)21-7-8-22(12(2)23)16-5-3-14(19)10-15(16)20/h3-6,9-10,21H,7-8H2,1-2H3. The molecular weight excluding hydrogens is 369 g/mol. The predicted octanol–water partition coefficient (Wildman–Crippen LogP) is 2.74. The Hall–Kier alpha value is -2.39. The molecule has 0 bridgehead atoms. The lowest BCUT2D eigenvalue weighted by Crippen LogP contribution is -2.38. The fourth-order valence-corrected chi connectivity index (χ4v) is 3.68. The van der Waals surface area contributed by atoms with Crippen LogP contribution in [0.25, 0.3) is 0 Å². The molecule has 140 valence electrons. The summed E-state index contributed by atoms with van der Waals surface area (Å²) in [5.74, 6) is -2.82. The SMILES string of the molecule is CC(=O)N(CCNS(=O)(=O)c1ccc(F)cc1C)c1ccc(F)cc1F. The molecule has 0 aromatic heterocycles. The highest BCUT2D eigenvalue weighted by Crippen LogP contribution is 2.20. The number of carbonyl (C=O) groups excluding carboxylic acids is 1. The molecule has 0 aliphatic heterocycles. The van der Waals surface area contributed by atoms with Gasteiger partial charge in [-0.2, -0.15) is 0 Å². The first-order chi connectivity index (χ1) is 12.1. The van der Waals surface area contributed by atoms with E-state index in [2.05, 4.69) is 4.72 Å². The van der Waals surface area contributed by atoms with Crippen LogP contribution in [0.4, 0.5) is 18.9 Å². The Morgan fingerprint density at radius 3 is 2.27 bits per heavy atom. The molecule has 2 rings (SSSR count). The smallest absolute Gasteiger partial charge is 0.240 e. The number of hydrogen-bond acceptors (Lipinski definition) is 3. The molecule has 1 N–H and O–H groups in total. The van der Waals surface area contributed by atoms with E-state index in [1.165, 1.54) is 13.8 Å². The molecule has 0 fully saturated rings. The van der Waals surface area contributed by atoms with Gasteiger partial charge in [0.1, 0.15) is 17.5 Å². The third-order valence-corrected chi connectivity index (χ3v) is 5.26. The number of hydrogen-bond donors (Lipinski definition) is 1. The van der Waals surface area contributed by atoms with E-state index in [9.17, 15) is 26.4 Å². The normalized spacial score (nSPS) is 11.4. The topological polar surface area (TPSA) is 66.5 Å². The van der Waals surface area contributed by atoms with Gasteiger partial charge in [-0.05, 0) is 42.8 Å². The van der Waals surface area contributed by atoms with Gasteiger partial charge in [0.15, 0.2) is 0 Å². The number of rotatable bonds is 6. The number of halogens is 3.